The van der Waals surface area contributed by atoms with Crippen LogP contribution in [0.3, 0.4) is 0 Å². The third-order valence-electron chi connectivity index (χ3n) is 3.13. The van der Waals surface area contributed by atoms with Crippen LogP contribution in [0.25, 0.3) is 10.2 Å². The predicted octanol–water partition coefficient (Wildman–Crippen LogP) is 2.55. The molecule has 0 radical (unpaired) electrons. The minimum absolute atomic E-state index is 0.0131. The van der Waals surface area contributed by atoms with Gasteiger partial charge in [0.2, 0.25) is 5.91 Å². The van der Waals surface area contributed by atoms with Crippen LogP contribution in [-0.4, -0.2) is 29.0 Å². The summed E-state index contributed by atoms with van der Waals surface area (Å²) in [6.45, 7) is 8.98. The van der Waals surface area contributed by atoms with Crippen molar-refractivity contribution in [2.75, 3.05) is 18.4 Å². The van der Waals surface area contributed by atoms with Gasteiger partial charge in [0.1, 0.15) is 16.5 Å². The van der Waals surface area contributed by atoms with Crippen LogP contribution in [0.15, 0.2) is 0 Å². The van der Waals surface area contributed by atoms with Crippen molar-refractivity contribution in [2.45, 2.75) is 34.1 Å². The second-order valence-corrected chi connectivity index (χ2v) is 5.99. The Bertz CT molecular complexity index is 636. The Hall–Kier alpha value is -1.69. The molecule has 0 aliphatic heterocycles. The van der Waals surface area contributed by atoms with Crippen LogP contribution in [0.4, 0.5) is 5.82 Å². The van der Waals surface area contributed by atoms with E-state index in [-0.39, 0.29) is 12.5 Å². The smallest absolute Gasteiger partial charge is 0.239 e. The fourth-order valence-corrected chi connectivity index (χ4v) is 3.05. The Balaban J connectivity index is 2.23. The molecule has 2 heterocycles. The van der Waals surface area contributed by atoms with Gasteiger partial charge in [0, 0.05) is 11.4 Å². The first-order valence-corrected chi connectivity index (χ1v) is 7.59. The number of fused-ring (bicyclic) bond motifs is 1. The summed E-state index contributed by atoms with van der Waals surface area (Å²) in [5, 5.41) is 7.01. The fraction of sp³-hybridized carbons (Fsp3) is 0.500. The van der Waals surface area contributed by atoms with Crippen LogP contribution in [0, 0.1) is 20.8 Å². The lowest BCUT2D eigenvalue weighted by Crippen LogP contribution is -2.30. The Labute approximate surface area is 122 Å². The van der Waals surface area contributed by atoms with Crippen LogP contribution in [0.2, 0.25) is 0 Å². The average molecular weight is 292 g/mol. The summed E-state index contributed by atoms with van der Waals surface area (Å²) >= 11 is 1.66. The molecule has 2 aromatic heterocycles. The van der Waals surface area contributed by atoms with Gasteiger partial charge in [-0.15, -0.1) is 11.3 Å². The van der Waals surface area contributed by atoms with Crippen molar-refractivity contribution in [3.05, 3.63) is 16.3 Å². The Kier molecular flexibility index (Phi) is 4.54. The lowest BCUT2D eigenvalue weighted by atomic mass is 10.2. The van der Waals surface area contributed by atoms with E-state index in [0.29, 0.717) is 6.54 Å². The van der Waals surface area contributed by atoms with Crippen molar-refractivity contribution in [2.24, 2.45) is 0 Å². The first-order valence-electron chi connectivity index (χ1n) is 6.77. The van der Waals surface area contributed by atoms with Crippen LogP contribution in [-0.2, 0) is 4.79 Å². The van der Waals surface area contributed by atoms with Crippen LogP contribution < -0.4 is 10.6 Å². The Morgan fingerprint density at radius 1 is 1.25 bits per heavy atom. The number of carbonyl (C=O) groups excluding carboxylic acids is 1. The SMILES string of the molecule is CCCNC(=O)CNc1nc(C)nc2sc(C)c(C)c12. The molecule has 0 bridgehead atoms. The first kappa shape index (κ1) is 14.7. The molecule has 0 atom stereocenters. The zero-order chi connectivity index (χ0) is 14.7. The minimum atomic E-state index is -0.0131. The predicted molar refractivity (Wildman–Crippen MR) is 83.4 cm³/mol. The molecule has 2 aromatic rings. The first-order chi connectivity index (χ1) is 9.52. The highest BCUT2D eigenvalue weighted by Gasteiger charge is 2.13. The molecule has 1 amide bonds. The monoisotopic (exact) mass is 292 g/mol. The van der Waals surface area contributed by atoms with E-state index < -0.39 is 0 Å². The normalized spacial score (nSPS) is 10.8. The largest absolute Gasteiger partial charge is 0.360 e. The van der Waals surface area contributed by atoms with Crippen molar-refractivity contribution in [3.8, 4) is 0 Å². The highest BCUT2D eigenvalue weighted by molar-refractivity contribution is 7.18. The molecule has 0 aliphatic carbocycles. The number of carbonyl (C=O) groups is 1. The maximum atomic E-state index is 11.7. The summed E-state index contributed by atoms with van der Waals surface area (Å²) in [7, 11) is 0. The van der Waals surface area contributed by atoms with Gasteiger partial charge in [-0.2, -0.15) is 0 Å². The summed E-state index contributed by atoms with van der Waals surface area (Å²) in [4.78, 5) is 22.8. The molecule has 108 valence electrons. The van der Waals surface area contributed by atoms with E-state index in [1.807, 2.05) is 13.8 Å². The van der Waals surface area contributed by atoms with Gasteiger partial charge in [0.25, 0.3) is 0 Å². The van der Waals surface area contributed by atoms with E-state index in [2.05, 4.69) is 34.4 Å². The standard InChI is InChI=1S/C14H20N4OS/c1-5-6-15-11(19)7-16-13-12-8(2)9(3)20-14(12)18-10(4)17-13/h5-7H2,1-4H3,(H,15,19)(H,16,17,18). The summed E-state index contributed by atoms with van der Waals surface area (Å²) in [5.41, 5.74) is 1.18. The maximum Gasteiger partial charge on any atom is 0.239 e. The molecular formula is C14H20N4OS. The number of nitrogens with one attached hydrogen (secondary N) is 2. The van der Waals surface area contributed by atoms with Crippen molar-refractivity contribution in [3.63, 3.8) is 0 Å². The van der Waals surface area contributed by atoms with Gasteiger partial charge < -0.3 is 10.6 Å². The molecule has 0 fully saturated rings. The van der Waals surface area contributed by atoms with E-state index in [0.717, 1.165) is 28.3 Å². The van der Waals surface area contributed by atoms with Crippen molar-refractivity contribution >= 4 is 33.3 Å². The van der Waals surface area contributed by atoms with Crippen LogP contribution in [0.5, 0.6) is 0 Å². The van der Waals surface area contributed by atoms with Gasteiger partial charge in [-0.25, -0.2) is 9.97 Å². The fourth-order valence-electron chi connectivity index (χ4n) is 1.98. The number of anilines is 1. The van der Waals surface area contributed by atoms with Gasteiger partial charge >= 0.3 is 0 Å². The lowest BCUT2D eigenvalue weighted by Gasteiger charge is -2.08. The van der Waals surface area contributed by atoms with Crippen molar-refractivity contribution in [1.29, 1.82) is 0 Å². The Morgan fingerprint density at radius 3 is 2.70 bits per heavy atom. The van der Waals surface area contributed by atoms with E-state index in [9.17, 15) is 4.79 Å². The highest BCUT2D eigenvalue weighted by atomic mass is 32.1. The zero-order valence-electron chi connectivity index (χ0n) is 12.3. The molecule has 0 saturated heterocycles. The number of thiophene rings is 1. The molecule has 0 unspecified atom stereocenters. The second-order valence-electron chi connectivity index (χ2n) is 4.79. The van der Waals surface area contributed by atoms with Gasteiger partial charge in [-0.1, -0.05) is 6.92 Å². The van der Waals surface area contributed by atoms with Gasteiger partial charge in [0.15, 0.2) is 0 Å². The van der Waals surface area contributed by atoms with Crippen molar-refractivity contribution in [1.82, 2.24) is 15.3 Å². The third kappa shape index (κ3) is 3.07. The number of aromatic nitrogens is 2. The molecule has 20 heavy (non-hydrogen) atoms. The number of rotatable bonds is 5. The molecule has 0 aromatic carbocycles. The molecule has 2 N–H and O–H groups in total. The summed E-state index contributed by atoms with van der Waals surface area (Å²) in [6, 6.07) is 0. The molecular weight excluding hydrogens is 272 g/mol. The summed E-state index contributed by atoms with van der Waals surface area (Å²) in [6.07, 6.45) is 0.936. The van der Waals surface area contributed by atoms with Gasteiger partial charge in [-0.05, 0) is 32.8 Å². The third-order valence-corrected chi connectivity index (χ3v) is 4.23. The molecule has 0 aliphatic rings. The molecule has 0 spiro atoms. The van der Waals surface area contributed by atoms with E-state index in [1.165, 1.54) is 10.4 Å². The second kappa shape index (κ2) is 6.17. The van der Waals surface area contributed by atoms with E-state index in [1.54, 1.807) is 11.3 Å². The minimum Gasteiger partial charge on any atom is -0.360 e. The van der Waals surface area contributed by atoms with E-state index in [4.69, 9.17) is 0 Å². The van der Waals surface area contributed by atoms with Crippen LogP contribution in [0.1, 0.15) is 29.6 Å². The number of amides is 1. The Morgan fingerprint density at radius 2 is 2.00 bits per heavy atom. The number of nitrogens with zero attached hydrogens (tertiary/aromatic N) is 2. The zero-order valence-corrected chi connectivity index (χ0v) is 13.1. The van der Waals surface area contributed by atoms with E-state index >= 15 is 0 Å². The molecule has 2 rings (SSSR count). The highest BCUT2D eigenvalue weighted by Crippen LogP contribution is 2.32. The molecule has 6 heteroatoms. The number of aryl methyl sites for hydroxylation is 3. The number of hydrogen-bond donors (Lipinski definition) is 2. The van der Waals surface area contributed by atoms with Gasteiger partial charge in [-0.3, -0.25) is 4.79 Å². The summed E-state index contributed by atoms with van der Waals surface area (Å²) in [5.74, 6) is 1.46. The lowest BCUT2D eigenvalue weighted by molar-refractivity contribution is -0.119. The summed E-state index contributed by atoms with van der Waals surface area (Å²) < 4.78 is 0. The molecule has 0 saturated carbocycles. The van der Waals surface area contributed by atoms with Crippen LogP contribution >= 0.6 is 11.3 Å². The average Bonchev–Trinajstić information content (AvgIpc) is 2.68. The quantitative estimate of drug-likeness (QED) is 0.889. The number of hydrogen-bond acceptors (Lipinski definition) is 5. The van der Waals surface area contributed by atoms with Crippen molar-refractivity contribution < 1.29 is 4.79 Å². The molecule has 5 nitrogen and oxygen atoms in total. The maximum absolute atomic E-state index is 11.7. The van der Waals surface area contributed by atoms with Gasteiger partial charge in [0.05, 0.1) is 11.9 Å². The topological polar surface area (TPSA) is 66.9 Å².